The van der Waals surface area contributed by atoms with Gasteiger partial charge >= 0.3 is 5.97 Å². The molecule has 0 bridgehead atoms. The van der Waals surface area contributed by atoms with Gasteiger partial charge in [-0.05, 0) is 56.2 Å². The van der Waals surface area contributed by atoms with Crippen LogP contribution in [0.4, 0.5) is 5.69 Å². The zero-order chi connectivity index (χ0) is 24.4. The smallest absolute Gasteiger partial charge is 0.338 e. The van der Waals surface area contributed by atoms with Crippen molar-refractivity contribution >= 4 is 29.4 Å². The number of esters is 1. The summed E-state index contributed by atoms with van der Waals surface area (Å²) in [6, 6.07) is 18.6. The van der Waals surface area contributed by atoms with Gasteiger partial charge in [0, 0.05) is 5.69 Å². The number of amides is 3. The van der Waals surface area contributed by atoms with Gasteiger partial charge in [-0.3, -0.25) is 19.3 Å². The summed E-state index contributed by atoms with van der Waals surface area (Å²) >= 11 is 0. The molecule has 3 aromatic carbocycles. The van der Waals surface area contributed by atoms with Crippen molar-refractivity contribution in [2.24, 2.45) is 0 Å². The molecule has 1 N–H and O–H groups in total. The monoisotopic (exact) mass is 456 g/mol. The second-order valence-corrected chi connectivity index (χ2v) is 8.27. The first-order valence-corrected chi connectivity index (χ1v) is 10.9. The molecule has 1 atom stereocenters. The van der Waals surface area contributed by atoms with E-state index in [9.17, 15) is 19.2 Å². The van der Waals surface area contributed by atoms with Crippen molar-refractivity contribution in [1.29, 1.82) is 0 Å². The van der Waals surface area contributed by atoms with Crippen LogP contribution >= 0.6 is 0 Å². The van der Waals surface area contributed by atoms with Crippen molar-refractivity contribution in [2.75, 3.05) is 11.9 Å². The lowest BCUT2D eigenvalue weighted by Gasteiger charge is -2.22. The minimum absolute atomic E-state index is 0.0911. The maximum absolute atomic E-state index is 13.0. The lowest BCUT2D eigenvalue weighted by atomic mass is 10.1. The normalized spacial score (nSPS) is 13.4. The average Bonchev–Trinajstić information content (AvgIpc) is 3.08. The van der Waals surface area contributed by atoms with E-state index in [4.69, 9.17) is 4.74 Å². The van der Waals surface area contributed by atoms with E-state index in [2.05, 4.69) is 5.32 Å². The van der Waals surface area contributed by atoms with Crippen LogP contribution in [0.1, 0.15) is 60.7 Å². The number of hydrogen-bond acceptors (Lipinski definition) is 5. The van der Waals surface area contributed by atoms with E-state index >= 15 is 0 Å². The summed E-state index contributed by atoms with van der Waals surface area (Å²) in [5, 5.41) is 2.71. The van der Waals surface area contributed by atoms with Gasteiger partial charge in [0.25, 0.3) is 17.7 Å². The molecule has 0 spiro atoms. The molecule has 4 rings (SSSR count). The van der Waals surface area contributed by atoms with Gasteiger partial charge in [-0.25, -0.2) is 4.79 Å². The zero-order valence-corrected chi connectivity index (χ0v) is 19.1. The summed E-state index contributed by atoms with van der Waals surface area (Å²) in [6.07, 6.45) is 0. The highest BCUT2D eigenvalue weighted by Gasteiger charge is 2.39. The third kappa shape index (κ3) is 4.45. The lowest BCUT2D eigenvalue weighted by Crippen LogP contribution is -2.32. The highest BCUT2D eigenvalue weighted by Crippen LogP contribution is 2.31. The first kappa shape index (κ1) is 22.9. The zero-order valence-electron chi connectivity index (χ0n) is 19.1. The first-order valence-electron chi connectivity index (χ1n) is 10.9. The van der Waals surface area contributed by atoms with Gasteiger partial charge < -0.3 is 10.1 Å². The van der Waals surface area contributed by atoms with Gasteiger partial charge in [0.2, 0.25) is 0 Å². The van der Waals surface area contributed by atoms with Gasteiger partial charge in [-0.15, -0.1) is 0 Å². The molecule has 0 aromatic heterocycles. The lowest BCUT2D eigenvalue weighted by molar-refractivity contribution is -0.119. The van der Waals surface area contributed by atoms with Gasteiger partial charge in [0.15, 0.2) is 6.61 Å². The van der Waals surface area contributed by atoms with Gasteiger partial charge in [-0.1, -0.05) is 48.0 Å². The summed E-state index contributed by atoms with van der Waals surface area (Å²) < 4.78 is 5.13. The summed E-state index contributed by atoms with van der Waals surface area (Å²) in [7, 11) is 0. The Morgan fingerprint density at radius 3 is 2.32 bits per heavy atom. The van der Waals surface area contributed by atoms with E-state index in [0.29, 0.717) is 5.69 Å². The highest BCUT2D eigenvalue weighted by atomic mass is 16.5. The number of anilines is 1. The summed E-state index contributed by atoms with van der Waals surface area (Å²) in [4.78, 5) is 51.8. The van der Waals surface area contributed by atoms with Crippen LogP contribution in [0.3, 0.4) is 0 Å². The summed E-state index contributed by atoms with van der Waals surface area (Å²) in [5.41, 5.74) is 3.90. The minimum atomic E-state index is -0.756. The SMILES string of the molecule is Cc1ccc(NC(=O)COC(=O)c2ccc3c(c2)C(=O)N([C@H](C)c2ccccc2)C3=O)c(C)c1. The fraction of sp³-hybridized carbons (Fsp3) is 0.185. The summed E-state index contributed by atoms with van der Waals surface area (Å²) in [6.45, 7) is 5.13. The second kappa shape index (κ2) is 9.31. The van der Waals surface area contributed by atoms with Crippen LogP contribution < -0.4 is 5.32 Å². The third-order valence-electron chi connectivity index (χ3n) is 5.81. The standard InChI is InChI=1S/C27H24N2O5/c1-16-9-12-23(17(2)13-16)28-24(30)15-34-27(33)20-10-11-21-22(14-20)26(32)29(25(21)31)18(3)19-7-5-4-6-8-19/h4-14,18H,15H2,1-3H3,(H,28,30)/t18-/m1/s1. The molecule has 34 heavy (non-hydrogen) atoms. The van der Waals surface area contributed by atoms with Gasteiger partial charge in [-0.2, -0.15) is 0 Å². The van der Waals surface area contributed by atoms with E-state index in [1.54, 1.807) is 13.0 Å². The van der Waals surface area contributed by atoms with Crippen LogP contribution in [0.2, 0.25) is 0 Å². The Morgan fingerprint density at radius 2 is 1.62 bits per heavy atom. The third-order valence-corrected chi connectivity index (χ3v) is 5.81. The van der Waals surface area contributed by atoms with Crippen molar-refractivity contribution < 1.29 is 23.9 Å². The average molecular weight is 456 g/mol. The largest absolute Gasteiger partial charge is 0.452 e. The van der Waals surface area contributed by atoms with Crippen molar-refractivity contribution in [3.8, 4) is 0 Å². The van der Waals surface area contributed by atoms with Crippen LogP contribution in [0.25, 0.3) is 0 Å². The Kier molecular flexibility index (Phi) is 6.27. The number of rotatable bonds is 6. The van der Waals surface area contributed by atoms with Crippen molar-refractivity contribution in [3.05, 3.63) is 100 Å². The molecular formula is C27H24N2O5. The number of nitrogens with zero attached hydrogens (tertiary/aromatic N) is 1. The molecule has 3 amide bonds. The Balaban J connectivity index is 1.44. The molecule has 0 saturated heterocycles. The van der Waals surface area contributed by atoms with E-state index in [1.807, 2.05) is 56.3 Å². The first-order chi connectivity index (χ1) is 16.3. The number of ether oxygens (including phenoxy) is 1. The molecule has 0 saturated carbocycles. The Bertz CT molecular complexity index is 1300. The topological polar surface area (TPSA) is 92.8 Å². The maximum Gasteiger partial charge on any atom is 0.338 e. The predicted molar refractivity (Wildman–Crippen MR) is 127 cm³/mol. The Morgan fingerprint density at radius 1 is 0.912 bits per heavy atom. The molecule has 3 aromatic rings. The number of fused-ring (bicyclic) bond motifs is 1. The fourth-order valence-corrected chi connectivity index (χ4v) is 3.97. The Hall–Kier alpha value is -4.26. The highest BCUT2D eigenvalue weighted by molar-refractivity contribution is 6.22. The molecule has 0 unspecified atom stereocenters. The molecule has 1 aliphatic rings. The van der Waals surface area contributed by atoms with E-state index in [-0.39, 0.29) is 16.7 Å². The van der Waals surface area contributed by atoms with Crippen LogP contribution in [0.5, 0.6) is 0 Å². The molecular weight excluding hydrogens is 432 g/mol. The van der Waals surface area contributed by atoms with Crippen molar-refractivity contribution in [2.45, 2.75) is 26.8 Å². The number of hydrogen-bond donors (Lipinski definition) is 1. The number of benzene rings is 3. The van der Waals surface area contributed by atoms with E-state index in [1.165, 1.54) is 23.1 Å². The van der Waals surface area contributed by atoms with Crippen LogP contribution in [0.15, 0.2) is 66.7 Å². The number of aryl methyl sites for hydroxylation is 2. The quantitative estimate of drug-likeness (QED) is 0.437. The molecule has 7 nitrogen and oxygen atoms in total. The van der Waals surface area contributed by atoms with Crippen LogP contribution in [-0.2, 0) is 9.53 Å². The number of carbonyl (C=O) groups is 4. The van der Waals surface area contributed by atoms with Gasteiger partial charge in [0.05, 0.1) is 22.7 Å². The second-order valence-electron chi connectivity index (χ2n) is 8.27. The van der Waals surface area contributed by atoms with Crippen LogP contribution in [0, 0.1) is 13.8 Å². The maximum atomic E-state index is 13.0. The van der Waals surface area contributed by atoms with E-state index in [0.717, 1.165) is 16.7 Å². The van der Waals surface area contributed by atoms with E-state index < -0.39 is 36.3 Å². The summed E-state index contributed by atoms with van der Waals surface area (Å²) in [5.74, 6) is -2.12. The molecule has 0 aliphatic carbocycles. The van der Waals surface area contributed by atoms with Crippen LogP contribution in [-0.4, -0.2) is 35.2 Å². The molecule has 1 aliphatic heterocycles. The number of nitrogens with one attached hydrogen (secondary N) is 1. The molecule has 0 radical (unpaired) electrons. The molecule has 1 heterocycles. The number of carbonyl (C=O) groups excluding carboxylic acids is 4. The van der Waals surface area contributed by atoms with Crippen molar-refractivity contribution in [1.82, 2.24) is 4.90 Å². The van der Waals surface area contributed by atoms with Crippen molar-refractivity contribution in [3.63, 3.8) is 0 Å². The predicted octanol–water partition coefficient (Wildman–Crippen LogP) is 4.46. The Labute approximate surface area is 197 Å². The van der Waals surface area contributed by atoms with Gasteiger partial charge in [0.1, 0.15) is 0 Å². The molecule has 7 heteroatoms. The molecule has 0 fully saturated rings. The fourth-order valence-electron chi connectivity index (χ4n) is 3.97. The molecule has 172 valence electrons. The number of imide groups is 1. The minimum Gasteiger partial charge on any atom is -0.452 e.